The van der Waals surface area contributed by atoms with Crippen LogP contribution in [-0.2, 0) is 0 Å². The molecule has 1 N–H and O–H groups in total. The van der Waals surface area contributed by atoms with Crippen molar-refractivity contribution in [2.75, 3.05) is 25.1 Å². The normalized spacial score (nSPS) is 39.2. The molecule has 0 aromatic carbocycles. The molecule has 0 spiro atoms. The predicted octanol–water partition coefficient (Wildman–Crippen LogP) is 1.95. The summed E-state index contributed by atoms with van der Waals surface area (Å²) in [6, 6.07) is 2.47. The predicted molar refractivity (Wildman–Crippen MR) is 68.6 cm³/mol. The van der Waals surface area contributed by atoms with Gasteiger partial charge < -0.3 is 5.32 Å². The standard InChI is InChI=1S/C12H24N2S/c1-10-9-15-8-7-14(10)12-5-3-11(13-2)4-6-12/h10-13H,3-9H2,1-2H3. The monoisotopic (exact) mass is 228 g/mol. The molecule has 1 aliphatic carbocycles. The van der Waals surface area contributed by atoms with Gasteiger partial charge in [0.05, 0.1) is 0 Å². The maximum absolute atomic E-state index is 3.42. The van der Waals surface area contributed by atoms with E-state index in [0.29, 0.717) is 0 Å². The van der Waals surface area contributed by atoms with Crippen LogP contribution in [0.25, 0.3) is 0 Å². The number of rotatable bonds is 2. The molecule has 1 saturated heterocycles. The van der Waals surface area contributed by atoms with Crippen LogP contribution in [0.1, 0.15) is 32.6 Å². The Labute approximate surface area is 98.2 Å². The molecule has 2 nitrogen and oxygen atoms in total. The lowest BCUT2D eigenvalue weighted by Crippen LogP contribution is -2.49. The van der Waals surface area contributed by atoms with E-state index >= 15 is 0 Å². The minimum Gasteiger partial charge on any atom is -0.317 e. The van der Waals surface area contributed by atoms with Crippen molar-refractivity contribution in [3.8, 4) is 0 Å². The molecule has 0 amide bonds. The van der Waals surface area contributed by atoms with Crippen molar-refractivity contribution >= 4 is 11.8 Å². The molecule has 0 aromatic rings. The molecule has 0 aromatic heterocycles. The molecular formula is C12H24N2S. The van der Waals surface area contributed by atoms with E-state index in [9.17, 15) is 0 Å². The third-order valence-electron chi connectivity index (χ3n) is 3.99. The van der Waals surface area contributed by atoms with Crippen LogP contribution in [-0.4, -0.2) is 48.1 Å². The smallest absolute Gasteiger partial charge is 0.0161 e. The fourth-order valence-electron chi connectivity index (χ4n) is 2.98. The lowest BCUT2D eigenvalue weighted by molar-refractivity contribution is 0.118. The van der Waals surface area contributed by atoms with Crippen LogP contribution in [0.5, 0.6) is 0 Å². The number of nitrogens with zero attached hydrogens (tertiary/aromatic N) is 1. The Balaban J connectivity index is 1.83. The first-order chi connectivity index (χ1) is 7.31. The molecule has 2 fully saturated rings. The van der Waals surface area contributed by atoms with Crippen molar-refractivity contribution in [2.45, 2.75) is 50.7 Å². The van der Waals surface area contributed by atoms with Gasteiger partial charge in [-0.2, -0.15) is 11.8 Å². The van der Waals surface area contributed by atoms with Crippen molar-refractivity contribution in [3.63, 3.8) is 0 Å². The second kappa shape index (κ2) is 5.55. The summed E-state index contributed by atoms with van der Waals surface area (Å²) in [6.07, 6.45) is 5.55. The third kappa shape index (κ3) is 2.89. The highest BCUT2D eigenvalue weighted by atomic mass is 32.2. The molecule has 2 rings (SSSR count). The summed E-state index contributed by atoms with van der Waals surface area (Å²) in [5.41, 5.74) is 0. The van der Waals surface area contributed by atoms with E-state index < -0.39 is 0 Å². The van der Waals surface area contributed by atoms with Gasteiger partial charge in [-0.1, -0.05) is 0 Å². The zero-order chi connectivity index (χ0) is 10.7. The topological polar surface area (TPSA) is 15.3 Å². The van der Waals surface area contributed by atoms with E-state index in [-0.39, 0.29) is 0 Å². The summed E-state index contributed by atoms with van der Waals surface area (Å²) >= 11 is 2.12. The van der Waals surface area contributed by atoms with Crippen LogP contribution in [0.4, 0.5) is 0 Å². The molecule has 1 saturated carbocycles. The van der Waals surface area contributed by atoms with Crippen molar-refractivity contribution in [1.82, 2.24) is 10.2 Å². The molecule has 1 aliphatic heterocycles. The lowest BCUT2D eigenvalue weighted by Gasteiger charge is -2.42. The summed E-state index contributed by atoms with van der Waals surface area (Å²) < 4.78 is 0. The fourth-order valence-corrected chi connectivity index (χ4v) is 4.02. The Morgan fingerprint density at radius 1 is 1.20 bits per heavy atom. The molecule has 1 heterocycles. The van der Waals surface area contributed by atoms with Crippen molar-refractivity contribution in [2.24, 2.45) is 0 Å². The highest BCUT2D eigenvalue weighted by molar-refractivity contribution is 7.99. The van der Waals surface area contributed by atoms with Gasteiger partial charge in [-0.25, -0.2) is 0 Å². The molecule has 0 bridgehead atoms. The van der Waals surface area contributed by atoms with Crippen molar-refractivity contribution in [1.29, 1.82) is 0 Å². The second-order valence-corrected chi connectivity index (χ2v) is 6.11. The third-order valence-corrected chi connectivity index (χ3v) is 5.18. The summed E-state index contributed by atoms with van der Waals surface area (Å²) in [5, 5.41) is 3.42. The first kappa shape index (κ1) is 11.7. The van der Waals surface area contributed by atoms with Gasteiger partial charge in [0.1, 0.15) is 0 Å². The lowest BCUT2D eigenvalue weighted by atomic mass is 9.89. The van der Waals surface area contributed by atoms with E-state index in [1.165, 1.54) is 43.7 Å². The Morgan fingerprint density at radius 3 is 2.53 bits per heavy atom. The van der Waals surface area contributed by atoms with Crippen molar-refractivity contribution < 1.29 is 0 Å². The first-order valence-electron chi connectivity index (χ1n) is 6.32. The molecule has 88 valence electrons. The van der Waals surface area contributed by atoms with Crippen LogP contribution in [0.3, 0.4) is 0 Å². The van der Waals surface area contributed by atoms with Gasteiger partial charge in [0.2, 0.25) is 0 Å². The van der Waals surface area contributed by atoms with Crippen LogP contribution in [0.15, 0.2) is 0 Å². The Morgan fingerprint density at radius 2 is 1.93 bits per heavy atom. The fraction of sp³-hybridized carbons (Fsp3) is 1.00. The van der Waals surface area contributed by atoms with Crippen molar-refractivity contribution in [3.05, 3.63) is 0 Å². The van der Waals surface area contributed by atoms with Gasteiger partial charge in [-0.05, 0) is 39.7 Å². The van der Waals surface area contributed by atoms with E-state index in [1.54, 1.807) is 0 Å². The average molecular weight is 228 g/mol. The zero-order valence-corrected chi connectivity index (χ0v) is 10.9. The molecule has 1 unspecified atom stereocenters. The zero-order valence-electron chi connectivity index (χ0n) is 10.0. The van der Waals surface area contributed by atoms with Gasteiger partial charge in [-0.15, -0.1) is 0 Å². The minimum absolute atomic E-state index is 0.788. The highest BCUT2D eigenvalue weighted by Gasteiger charge is 2.29. The first-order valence-corrected chi connectivity index (χ1v) is 7.47. The molecule has 0 radical (unpaired) electrons. The minimum atomic E-state index is 0.788. The summed E-state index contributed by atoms with van der Waals surface area (Å²) in [7, 11) is 2.10. The van der Waals surface area contributed by atoms with E-state index in [1.807, 2.05) is 0 Å². The van der Waals surface area contributed by atoms with E-state index in [2.05, 4.69) is 35.9 Å². The number of thioether (sulfide) groups is 1. The second-order valence-electron chi connectivity index (χ2n) is 4.96. The maximum atomic E-state index is 3.42. The van der Waals surface area contributed by atoms with Crippen LogP contribution < -0.4 is 5.32 Å². The average Bonchev–Trinajstić information content (AvgIpc) is 2.30. The van der Waals surface area contributed by atoms with Gasteiger partial charge in [0.15, 0.2) is 0 Å². The highest BCUT2D eigenvalue weighted by Crippen LogP contribution is 2.27. The quantitative estimate of drug-likeness (QED) is 0.778. The van der Waals surface area contributed by atoms with Crippen LogP contribution in [0, 0.1) is 0 Å². The number of nitrogens with one attached hydrogen (secondary N) is 1. The van der Waals surface area contributed by atoms with E-state index in [0.717, 1.165) is 18.1 Å². The Hall–Kier alpha value is 0.270. The SMILES string of the molecule is CNC1CCC(N2CCSCC2C)CC1. The van der Waals surface area contributed by atoms with Crippen LogP contribution in [0.2, 0.25) is 0 Å². The summed E-state index contributed by atoms with van der Waals surface area (Å²) in [4.78, 5) is 2.77. The van der Waals surface area contributed by atoms with Gasteiger partial charge in [-0.3, -0.25) is 4.90 Å². The van der Waals surface area contributed by atoms with Gasteiger partial charge in [0, 0.05) is 36.2 Å². The van der Waals surface area contributed by atoms with E-state index in [4.69, 9.17) is 0 Å². The number of hydrogen-bond donors (Lipinski definition) is 1. The molecule has 1 atom stereocenters. The molecular weight excluding hydrogens is 204 g/mol. The molecule has 2 aliphatic rings. The number of hydrogen-bond acceptors (Lipinski definition) is 3. The molecule has 3 heteroatoms. The summed E-state index contributed by atoms with van der Waals surface area (Å²) in [5.74, 6) is 2.68. The van der Waals surface area contributed by atoms with Gasteiger partial charge >= 0.3 is 0 Å². The molecule has 15 heavy (non-hydrogen) atoms. The van der Waals surface area contributed by atoms with Gasteiger partial charge in [0.25, 0.3) is 0 Å². The maximum Gasteiger partial charge on any atom is 0.0161 e. The van der Waals surface area contributed by atoms with Crippen LogP contribution >= 0.6 is 11.8 Å². The Bertz CT molecular complexity index is 190. The largest absolute Gasteiger partial charge is 0.317 e. The summed E-state index contributed by atoms with van der Waals surface area (Å²) in [6.45, 7) is 3.72. The Kier molecular flexibility index (Phi) is 4.35.